The van der Waals surface area contributed by atoms with E-state index in [9.17, 15) is 14.4 Å². The maximum Gasteiger partial charge on any atom is 0.274 e. The summed E-state index contributed by atoms with van der Waals surface area (Å²) >= 11 is 1.19. The Bertz CT molecular complexity index is 543. The number of carbonyl (C=O) groups excluding carboxylic acids is 3. The first-order chi connectivity index (χ1) is 9.52. The molecule has 1 fully saturated rings. The van der Waals surface area contributed by atoms with Crippen molar-refractivity contribution in [3.05, 3.63) is 11.1 Å². The van der Waals surface area contributed by atoms with Gasteiger partial charge in [0.2, 0.25) is 11.8 Å². The quantitative estimate of drug-likeness (QED) is 0.847. The first kappa shape index (κ1) is 14.4. The summed E-state index contributed by atoms with van der Waals surface area (Å²) < 4.78 is 0. The third-order valence-electron chi connectivity index (χ3n) is 2.98. The minimum absolute atomic E-state index is 0.135. The van der Waals surface area contributed by atoms with Crippen LogP contribution in [0, 0.1) is 0 Å². The highest BCUT2D eigenvalue weighted by molar-refractivity contribution is 7.14. The number of aromatic nitrogens is 1. The second-order valence-electron chi connectivity index (χ2n) is 4.43. The van der Waals surface area contributed by atoms with Crippen LogP contribution in [0.15, 0.2) is 5.38 Å². The third-order valence-corrected chi connectivity index (χ3v) is 3.74. The molecule has 1 aliphatic heterocycles. The molecule has 1 unspecified atom stereocenters. The number of hydrogen-bond acceptors (Lipinski definition) is 5. The largest absolute Gasteiger partial charge is 0.353 e. The Balaban J connectivity index is 2.15. The van der Waals surface area contributed by atoms with Crippen LogP contribution in [0.1, 0.15) is 30.8 Å². The molecule has 2 heterocycles. The van der Waals surface area contributed by atoms with Crippen molar-refractivity contribution in [2.45, 2.75) is 26.3 Å². The van der Waals surface area contributed by atoms with Crippen molar-refractivity contribution < 1.29 is 14.4 Å². The summed E-state index contributed by atoms with van der Waals surface area (Å²) in [6.07, 6.45) is 0.556. The van der Waals surface area contributed by atoms with Gasteiger partial charge >= 0.3 is 0 Å². The standard InChI is InChI=1S/C12H16N4O3S/c1-3-9-10(18)13-4-5-16(9)11(19)8-6-20-12(15-8)14-7(2)17/h6,9H,3-5H2,1-2H3,(H,13,18)(H,14,15,17). The van der Waals surface area contributed by atoms with E-state index in [1.165, 1.54) is 23.2 Å². The van der Waals surface area contributed by atoms with E-state index in [1.807, 2.05) is 6.92 Å². The molecule has 0 bridgehead atoms. The Morgan fingerprint density at radius 1 is 1.60 bits per heavy atom. The first-order valence-corrected chi connectivity index (χ1v) is 7.22. The van der Waals surface area contributed by atoms with Crippen molar-refractivity contribution in [1.82, 2.24) is 15.2 Å². The van der Waals surface area contributed by atoms with E-state index in [1.54, 1.807) is 5.38 Å². The molecular weight excluding hydrogens is 280 g/mol. The van der Waals surface area contributed by atoms with E-state index >= 15 is 0 Å². The van der Waals surface area contributed by atoms with Crippen LogP contribution in [-0.4, -0.2) is 46.7 Å². The summed E-state index contributed by atoms with van der Waals surface area (Å²) in [6, 6.07) is -0.456. The lowest BCUT2D eigenvalue weighted by molar-refractivity contribution is -0.127. The van der Waals surface area contributed by atoms with Crippen molar-refractivity contribution in [1.29, 1.82) is 0 Å². The molecule has 1 atom stereocenters. The van der Waals surface area contributed by atoms with Gasteiger partial charge in [-0.3, -0.25) is 14.4 Å². The molecule has 0 aliphatic carbocycles. The molecule has 8 heteroatoms. The molecule has 3 amide bonds. The van der Waals surface area contributed by atoms with Gasteiger partial charge in [0.25, 0.3) is 5.91 Å². The first-order valence-electron chi connectivity index (χ1n) is 6.34. The van der Waals surface area contributed by atoms with Gasteiger partial charge in [-0.15, -0.1) is 11.3 Å². The molecule has 0 saturated carbocycles. The van der Waals surface area contributed by atoms with Crippen LogP contribution in [-0.2, 0) is 9.59 Å². The molecule has 1 aromatic rings. The van der Waals surface area contributed by atoms with Crippen LogP contribution in [0.5, 0.6) is 0 Å². The zero-order chi connectivity index (χ0) is 14.7. The van der Waals surface area contributed by atoms with Gasteiger partial charge < -0.3 is 15.5 Å². The molecule has 7 nitrogen and oxygen atoms in total. The van der Waals surface area contributed by atoms with E-state index < -0.39 is 6.04 Å². The van der Waals surface area contributed by atoms with Gasteiger partial charge in [0.05, 0.1) is 0 Å². The Labute approximate surface area is 120 Å². The van der Waals surface area contributed by atoms with E-state index in [4.69, 9.17) is 0 Å². The Kier molecular flexibility index (Phi) is 4.33. The van der Waals surface area contributed by atoms with Gasteiger partial charge in [-0.1, -0.05) is 6.92 Å². The topological polar surface area (TPSA) is 91.4 Å². The smallest absolute Gasteiger partial charge is 0.274 e. The summed E-state index contributed by atoms with van der Waals surface area (Å²) in [5, 5.41) is 7.25. The maximum atomic E-state index is 12.4. The predicted octanol–water partition coefficient (Wildman–Crippen LogP) is 0.452. The third kappa shape index (κ3) is 2.96. The van der Waals surface area contributed by atoms with Crippen LogP contribution in [0.4, 0.5) is 5.13 Å². The van der Waals surface area contributed by atoms with Gasteiger partial charge in [-0.2, -0.15) is 0 Å². The number of piperazine rings is 1. The number of thiazole rings is 1. The zero-order valence-electron chi connectivity index (χ0n) is 11.3. The fourth-order valence-electron chi connectivity index (χ4n) is 2.09. The van der Waals surface area contributed by atoms with E-state index in [0.29, 0.717) is 24.6 Å². The Morgan fingerprint density at radius 3 is 3.00 bits per heavy atom. The number of hydrogen-bond donors (Lipinski definition) is 2. The number of nitrogens with one attached hydrogen (secondary N) is 2. The highest BCUT2D eigenvalue weighted by atomic mass is 32.1. The normalized spacial score (nSPS) is 18.6. The van der Waals surface area contributed by atoms with Gasteiger partial charge in [0.15, 0.2) is 5.13 Å². The fourth-order valence-corrected chi connectivity index (χ4v) is 2.82. The summed E-state index contributed by atoms with van der Waals surface area (Å²) in [7, 11) is 0. The SMILES string of the molecule is CCC1C(=O)NCCN1C(=O)c1csc(NC(C)=O)n1. The van der Waals surface area contributed by atoms with Crippen LogP contribution < -0.4 is 10.6 Å². The number of rotatable bonds is 3. The lowest BCUT2D eigenvalue weighted by Crippen LogP contribution is -2.56. The van der Waals surface area contributed by atoms with Crippen LogP contribution in [0.2, 0.25) is 0 Å². The Hall–Kier alpha value is -1.96. The molecule has 0 aromatic carbocycles. The lowest BCUT2D eigenvalue weighted by Gasteiger charge is -2.33. The summed E-state index contributed by atoms with van der Waals surface area (Å²) in [5.74, 6) is -0.647. The zero-order valence-corrected chi connectivity index (χ0v) is 12.1. The average Bonchev–Trinajstić information content (AvgIpc) is 2.85. The molecule has 2 rings (SSSR count). The van der Waals surface area contributed by atoms with Crippen molar-refractivity contribution in [2.24, 2.45) is 0 Å². The molecule has 0 radical (unpaired) electrons. The van der Waals surface area contributed by atoms with E-state index in [2.05, 4.69) is 15.6 Å². The van der Waals surface area contributed by atoms with Crippen LogP contribution in [0.25, 0.3) is 0 Å². The lowest BCUT2D eigenvalue weighted by atomic mass is 10.1. The van der Waals surface area contributed by atoms with Crippen LogP contribution in [0.3, 0.4) is 0 Å². The van der Waals surface area contributed by atoms with Crippen molar-refractivity contribution in [3.63, 3.8) is 0 Å². The molecule has 20 heavy (non-hydrogen) atoms. The van der Waals surface area contributed by atoms with Crippen LogP contribution >= 0.6 is 11.3 Å². The molecule has 1 aliphatic rings. The highest BCUT2D eigenvalue weighted by Gasteiger charge is 2.33. The number of nitrogens with zero attached hydrogens (tertiary/aromatic N) is 2. The van der Waals surface area contributed by atoms with E-state index in [-0.39, 0.29) is 23.4 Å². The number of amides is 3. The minimum Gasteiger partial charge on any atom is -0.353 e. The average molecular weight is 296 g/mol. The summed E-state index contributed by atoms with van der Waals surface area (Å²) in [5.41, 5.74) is 0.256. The van der Waals surface area contributed by atoms with Gasteiger partial charge in [-0.25, -0.2) is 4.98 Å². The highest BCUT2D eigenvalue weighted by Crippen LogP contribution is 2.19. The van der Waals surface area contributed by atoms with Crippen molar-refractivity contribution >= 4 is 34.2 Å². The fraction of sp³-hybridized carbons (Fsp3) is 0.500. The van der Waals surface area contributed by atoms with Gasteiger partial charge in [0, 0.05) is 25.4 Å². The van der Waals surface area contributed by atoms with Crippen molar-refractivity contribution in [2.75, 3.05) is 18.4 Å². The van der Waals surface area contributed by atoms with Gasteiger partial charge in [-0.05, 0) is 6.42 Å². The number of anilines is 1. The van der Waals surface area contributed by atoms with Crippen molar-refractivity contribution in [3.8, 4) is 0 Å². The molecule has 1 saturated heterocycles. The molecular formula is C12H16N4O3S. The minimum atomic E-state index is -0.456. The summed E-state index contributed by atoms with van der Waals surface area (Å²) in [4.78, 5) is 40.7. The Morgan fingerprint density at radius 2 is 2.35 bits per heavy atom. The predicted molar refractivity (Wildman–Crippen MR) is 74.5 cm³/mol. The second-order valence-corrected chi connectivity index (χ2v) is 5.29. The molecule has 1 aromatic heterocycles. The summed E-state index contributed by atoms with van der Waals surface area (Å²) in [6.45, 7) is 4.16. The monoisotopic (exact) mass is 296 g/mol. The number of carbonyl (C=O) groups is 3. The van der Waals surface area contributed by atoms with E-state index in [0.717, 1.165) is 0 Å². The maximum absolute atomic E-state index is 12.4. The second kappa shape index (κ2) is 6.00. The van der Waals surface area contributed by atoms with Gasteiger partial charge in [0.1, 0.15) is 11.7 Å². The molecule has 0 spiro atoms. The molecule has 108 valence electrons. The molecule has 2 N–H and O–H groups in total.